The first-order valence-corrected chi connectivity index (χ1v) is 6.41. The molecule has 0 aliphatic heterocycles. The maximum Gasteiger partial charge on any atom is 0.223 e. The minimum absolute atomic E-state index is 0.244. The van der Waals surface area contributed by atoms with Gasteiger partial charge in [0.2, 0.25) is 5.95 Å². The van der Waals surface area contributed by atoms with Gasteiger partial charge in [-0.1, -0.05) is 0 Å². The summed E-state index contributed by atoms with van der Waals surface area (Å²) < 4.78 is 5.45. The van der Waals surface area contributed by atoms with Crippen molar-refractivity contribution in [1.29, 1.82) is 0 Å². The normalized spacial score (nSPS) is 11.2. The quantitative estimate of drug-likeness (QED) is 0.797. The lowest BCUT2D eigenvalue weighted by Crippen LogP contribution is -2.14. The van der Waals surface area contributed by atoms with Crippen molar-refractivity contribution >= 4 is 33.3 Å². The first-order chi connectivity index (χ1) is 8.16. The maximum atomic E-state index is 5.65. The van der Waals surface area contributed by atoms with Gasteiger partial charge in [-0.05, 0) is 25.3 Å². The summed E-state index contributed by atoms with van der Waals surface area (Å²) in [6, 6.07) is 1.99. The molecule has 0 saturated heterocycles. The highest BCUT2D eigenvalue weighted by molar-refractivity contribution is 7.16. The largest absolute Gasteiger partial charge is 0.377 e. The highest BCUT2D eigenvalue weighted by Crippen LogP contribution is 2.25. The van der Waals surface area contributed by atoms with Crippen molar-refractivity contribution < 1.29 is 4.74 Å². The van der Waals surface area contributed by atoms with E-state index in [0.29, 0.717) is 19.1 Å². The van der Waals surface area contributed by atoms with Crippen molar-refractivity contribution in [2.24, 2.45) is 0 Å². The Labute approximate surface area is 104 Å². The number of nitrogens with one attached hydrogen (secondary N) is 1. The molecule has 0 fully saturated rings. The predicted molar refractivity (Wildman–Crippen MR) is 71.4 cm³/mol. The van der Waals surface area contributed by atoms with Crippen LogP contribution in [0.1, 0.15) is 13.8 Å². The molecule has 17 heavy (non-hydrogen) atoms. The number of ether oxygens (including phenoxy) is 1. The minimum atomic E-state index is 0.244. The zero-order chi connectivity index (χ0) is 12.3. The molecule has 0 aromatic carbocycles. The van der Waals surface area contributed by atoms with Crippen molar-refractivity contribution in [2.75, 3.05) is 24.2 Å². The number of hydrogen-bond acceptors (Lipinski definition) is 6. The second kappa shape index (κ2) is 5.29. The molecule has 5 nitrogen and oxygen atoms in total. The molecular formula is C11H16N4OS. The number of nitrogen functional groups attached to an aromatic ring is 1. The molecule has 92 valence electrons. The topological polar surface area (TPSA) is 73.1 Å². The third-order valence-corrected chi connectivity index (χ3v) is 2.99. The van der Waals surface area contributed by atoms with Gasteiger partial charge in [0.1, 0.15) is 10.6 Å². The zero-order valence-electron chi connectivity index (χ0n) is 9.93. The Hall–Kier alpha value is -1.40. The van der Waals surface area contributed by atoms with Crippen molar-refractivity contribution in [1.82, 2.24) is 9.97 Å². The highest BCUT2D eigenvalue weighted by atomic mass is 32.1. The molecule has 0 amide bonds. The van der Waals surface area contributed by atoms with Crippen LogP contribution in [0, 0.1) is 0 Å². The van der Waals surface area contributed by atoms with Crippen LogP contribution in [0.3, 0.4) is 0 Å². The monoisotopic (exact) mass is 252 g/mol. The van der Waals surface area contributed by atoms with Crippen LogP contribution in [0.25, 0.3) is 10.2 Å². The van der Waals surface area contributed by atoms with Gasteiger partial charge in [-0.25, -0.2) is 4.98 Å². The second-order valence-electron chi connectivity index (χ2n) is 3.92. The standard InChI is InChI=1S/C11H16N4OS/c1-7(2)16-5-4-13-9-8-3-6-17-10(8)15-11(12)14-9/h3,6-7H,4-5H2,1-2H3,(H3,12,13,14,15). The molecule has 0 saturated carbocycles. The van der Waals surface area contributed by atoms with Crippen LogP contribution < -0.4 is 11.1 Å². The first-order valence-electron chi connectivity index (χ1n) is 5.53. The summed E-state index contributed by atoms with van der Waals surface area (Å²) in [5, 5.41) is 6.21. The smallest absolute Gasteiger partial charge is 0.223 e. The summed E-state index contributed by atoms with van der Waals surface area (Å²) in [5.41, 5.74) is 5.65. The molecule has 0 atom stereocenters. The second-order valence-corrected chi connectivity index (χ2v) is 4.81. The molecule has 0 bridgehead atoms. The van der Waals surface area contributed by atoms with Gasteiger partial charge in [0, 0.05) is 6.54 Å². The number of nitrogens with two attached hydrogens (primary N) is 1. The molecular weight excluding hydrogens is 236 g/mol. The number of rotatable bonds is 5. The summed E-state index contributed by atoms with van der Waals surface area (Å²) in [4.78, 5) is 9.27. The number of aromatic nitrogens is 2. The van der Waals surface area contributed by atoms with Crippen molar-refractivity contribution in [3.05, 3.63) is 11.4 Å². The van der Waals surface area contributed by atoms with Crippen LogP contribution in [-0.4, -0.2) is 29.2 Å². The molecule has 2 heterocycles. The summed E-state index contributed by atoms with van der Waals surface area (Å²) in [6.07, 6.45) is 0.244. The molecule has 0 aliphatic rings. The zero-order valence-corrected chi connectivity index (χ0v) is 10.8. The molecule has 0 unspecified atom stereocenters. The van der Waals surface area contributed by atoms with Gasteiger partial charge >= 0.3 is 0 Å². The first kappa shape index (κ1) is 12.1. The van der Waals surface area contributed by atoms with Crippen molar-refractivity contribution in [3.8, 4) is 0 Å². The molecule has 0 aliphatic carbocycles. The molecule has 0 radical (unpaired) electrons. The minimum Gasteiger partial charge on any atom is -0.377 e. The van der Waals surface area contributed by atoms with Gasteiger partial charge in [-0.2, -0.15) is 4.98 Å². The lowest BCUT2D eigenvalue weighted by molar-refractivity contribution is 0.0870. The van der Waals surface area contributed by atoms with E-state index in [-0.39, 0.29) is 6.10 Å². The van der Waals surface area contributed by atoms with Crippen LogP contribution >= 0.6 is 11.3 Å². The molecule has 2 aromatic rings. The average molecular weight is 252 g/mol. The maximum absolute atomic E-state index is 5.65. The highest BCUT2D eigenvalue weighted by Gasteiger charge is 2.06. The summed E-state index contributed by atoms with van der Waals surface area (Å²) in [7, 11) is 0. The van der Waals surface area contributed by atoms with Crippen molar-refractivity contribution in [3.63, 3.8) is 0 Å². The average Bonchev–Trinajstić information content (AvgIpc) is 2.71. The Bertz CT molecular complexity index is 497. The Morgan fingerprint density at radius 2 is 2.29 bits per heavy atom. The van der Waals surface area contributed by atoms with E-state index in [0.717, 1.165) is 16.0 Å². The fourth-order valence-corrected chi connectivity index (χ4v) is 2.24. The van der Waals surface area contributed by atoms with Crippen LogP contribution in [0.4, 0.5) is 11.8 Å². The Kier molecular flexibility index (Phi) is 3.75. The summed E-state index contributed by atoms with van der Waals surface area (Å²) in [5.74, 6) is 1.08. The van der Waals surface area contributed by atoms with Crippen LogP contribution in [0.5, 0.6) is 0 Å². The van der Waals surface area contributed by atoms with E-state index >= 15 is 0 Å². The van der Waals surface area contributed by atoms with Gasteiger partial charge in [0.15, 0.2) is 0 Å². The SMILES string of the molecule is CC(C)OCCNc1nc(N)nc2sccc12. The van der Waals surface area contributed by atoms with Gasteiger partial charge in [-0.3, -0.25) is 0 Å². The van der Waals surface area contributed by atoms with Crippen LogP contribution in [0.15, 0.2) is 11.4 Å². The molecule has 0 spiro atoms. The van der Waals surface area contributed by atoms with E-state index in [2.05, 4.69) is 15.3 Å². The fraction of sp³-hybridized carbons (Fsp3) is 0.455. The Balaban J connectivity index is 2.04. The third kappa shape index (κ3) is 3.04. The summed E-state index contributed by atoms with van der Waals surface area (Å²) in [6.45, 7) is 5.38. The van der Waals surface area contributed by atoms with E-state index in [1.54, 1.807) is 11.3 Å². The van der Waals surface area contributed by atoms with Crippen LogP contribution in [0.2, 0.25) is 0 Å². The number of thiophene rings is 1. The number of hydrogen-bond donors (Lipinski definition) is 2. The van der Waals surface area contributed by atoms with Gasteiger partial charge in [-0.15, -0.1) is 11.3 Å². The Morgan fingerprint density at radius 1 is 1.47 bits per heavy atom. The lowest BCUT2D eigenvalue weighted by atomic mass is 10.4. The fourth-order valence-electron chi connectivity index (χ4n) is 1.47. The van der Waals surface area contributed by atoms with Gasteiger partial charge in [0.05, 0.1) is 18.1 Å². The van der Waals surface area contributed by atoms with Gasteiger partial charge in [0.25, 0.3) is 0 Å². The van der Waals surface area contributed by atoms with E-state index < -0.39 is 0 Å². The molecule has 2 rings (SSSR count). The predicted octanol–water partition coefficient (Wildman–Crippen LogP) is 2.11. The molecule has 3 N–H and O–H groups in total. The lowest BCUT2D eigenvalue weighted by Gasteiger charge is -2.09. The molecule has 2 aromatic heterocycles. The van der Waals surface area contributed by atoms with E-state index in [1.807, 2.05) is 25.3 Å². The van der Waals surface area contributed by atoms with Crippen LogP contribution in [-0.2, 0) is 4.74 Å². The third-order valence-electron chi connectivity index (χ3n) is 2.19. The van der Waals surface area contributed by atoms with E-state index in [1.165, 1.54) is 0 Å². The number of nitrogens with zero attached hydrogens (tertiary/aromatic N) is 2. The van der Waals surface area contributed by atoms with E-state index in [9.17, 15) is 0 Å². The summed E-state index contributed by atoms with van der Waals surface area (Å²) >= 11 is 1.56. The number of anilines is 2. The number of fused-ring (bicyclic) bond motifs is 1. The Morgan fingerprint density at radius 3 is 3.06 bits per heavy atom. The van der Waals surface area contributed by atoms with Crippen molar-refractivity contribution in [2.45, 2.75) is 20.0 Å². The molecule has 6 heteroatoms. The van der Waals surface area contributed by atoms with E-state index in [4.69, 9.17) is 10.5 Å². The van der Waals surface area contributed by atoms with Gasteiger partial charge < -0.3 is 15.8 Å².